The van der Waals surface area contributed by atoms with Gasteiger partial charge in [0.1, 0.15) is 5.52 Å². The molecule has 5 nitrogen and oxygen atoms in total. The highest BCUT2D eigenvalue weighted by Gasteiger charge is 2.18. The van der Waals surface area contributed by atoms with Crippen molar-refractivity contribution >= 4 is 28.6 Å². The number of nitrogens with one attached hydrogen (secondary N) is 1. The van der Waals surface area contributed by atoms with Gasteiger partial charge in [0.2, 0.25) is 5.28 Å². The highest BCUT2D eigenvalue weighted by atomic mass is 35.5. The van der Waals surface area contributed by atoms with E-state index in [1.807, 2.05) is 7.05 Å². The lowest BCUT2D eigenvalue weighted by Gasteiger charge is -2.27. The molecule has 0 saturated heterocycles. The van der Waals surface area contributed by atoms with Crippen LogP contribution in [0.3, 0.4) is 0 Å². The number of anilines is 1. The van der Waals surface area contributed by atoms with Gasteiger partial charge >= 0.3 is 0 Å². The zero-order valence-corrected chi connectivity index (χ0v) is 11.2. The molecule has 1 N–H and O–H groups in total. The fourth-order valence-corrected chi connectivity index (χ4v) is 2.01. The van der Waals surface area contributed by atoms with Gasteiger partial charge in [0, 0.05) is 13.6 Å². The summed E-state index contributed by atoms with van der Waals surface area (Å²) >= 11 is 5.89. The summed E-state index contributed by atoms with van der Waals surface area (Å²) in [4.78, 5) is 17.5. The van der Waals surface area contributed by atoms with Crippen molar-refractivity contribution in [1.29, 1.82) is 0 Å². The van der Waals surface area contributed by atoms with Crippen LogP contribution >= 0.6 is 11.6 Å². The van der Waals surface area contributed by atoms with Gasteiger partial charge < -0.3 is 9.88 Å². The zero-order valence-electron chi connectivity index (χ0n) is 10.5. The molecule has 2 aromatic rings. The van der Waals surface area contributed by atoms with E-state index in [1.54, 1.807) is 6.33 Å². The minimum Gasteiger partial charge on any atom is -0.357 e. The molecule has 6 heteroatoms. The summed E-state index contributed by atoms with van der Waals surface area (Å²) in [5.74, 6) is 0.785. The molecule has 2 aromatic heterocycles. The van der Waals surface area contributed by atoms with Crippen molar-refractivity contribution in [1.82, 2.24) is 19.9 Å². The van der Waals surface area contributed by atoms with Crippen LogP contribution in [0.25, 0.3) is 11.2 Å². The summed E-state index contributed by atoms with van der Waals surface area (Å²) < 4.78 is 0. The summed E-state index contributed by atoms with van der Waals surface area (Å²) in [6.45, 7) is 7.40. The smallest absolute Gasteiger partial charge is 0.226 e. The van der Waals surface area contributed by atoms with Crippen LogP contribution in [0.5, 0.6) is 0 Å². The molecule has 0 aliphatic heterocycles. The van der Waals surface area contributed by atoms with Gasteiger partial charge in [-0.2, -0.15) is 9.97 Å². The minimum atomic E-state index is 0.179. The molecule has 0 aliphatic rings. The second-order valence-electron chi connectivity index (χ2n) is 5.33. The maximum absolute atomic E-state index is 5.89. The molecule has 0 amide bonds. The van der Waals surface area contributed by atoms with Crippen molar-refractivity contribution in [2.45, 2.75) is 20.8 Å². The summed E-state index contributed by atoms with van der Waals surface area (Å²) in [7, 11) is 1.99. The summed E-state index contributed by atoms with van der Waals surface area (Å²) in [5, 5.41) is 0.223. The van der Waals surface area contributed by atoms with Crippen molar-refractivity contribution in [3.63, 3.8) is 0 Å². The quantitative estimate of drug-likeness (QED) is 0.836. The molecule has 0 aromatic carbocycles. The lowest BCUT2D eigenvalue weighted by atomic mass is 9.96. The average Bonchev–Trinajstić information content (AvgIpc) is 2.60. The molecule has 0 atom stereocenters. The van der Waals surface area contributed by atoms with Crippen molar-refractivity contribution in [3.05, 3.63) is 11.6 Å². The van der Waals surface area contributed by atoms with E-state index in [4.69, 9.17) is 11.6 Å². The van der Waals surface area contributed by atoms with Crippen molar-refractivity contribution in [2.24, 2.45) is 5.41 Å². The normalized spacial score (nSPS) is 12.1. The topological polar surface area (TPSA) is 57.7 Å². The fraction of sp³-hybridized carbons (Fsp3) is 0.545. The minimum absolute atomic E-state index is 0.179. The van der Waals surface area contributed by atoms with E-state index in [9.17, 15) is 0 Å². The lowest BCUT2D eigenvalue weighted by Crippen LogP contribution is -2.30. The van der Waals surface area contributed by atoms with Gasteiger partial charge in [-0.15, -0.1) is 0 Å². The number of rotatable bonds is 2. The molecule has 2 rings (SSSR count). The number of fused-ring (bicyclic) bond motifs is 1. The number of aromatic nitrogens is 4. The number of H-pyrrole nitrogens is 1. The van der Waals surface area contributed by atoms with Crippen LogP contribution in [0.15, 0.2) is 6.33 Å². The lowest BCUT2D eigenvalue weighted by molar-refractivity contribution is 0.418. The third-order valence-corrected chi connectivity index (χ3v) is 2.48. The predicted octanol–water partition coefficient (Wildman–Crippen LogP) is 2.49. The molecule has 92 valence electrons. The number of aromatic amines is 1. The SMILES string of the molecule is CN(CC(C)(C)C)c1nc(Cl)nc2nc[nH]c12. The number of nitrogens with zero attached hydrogens (tertiary/aromatic N) is 4. The molecule has 0 radical (unpaired) electrons. The van der Waals surface area contributed by atoms with Crippen LogP contribution in [0, 0.1) is 5.41 Å². The first-order valence-electron chi connectivity index (χ1n) is 5.44. The highest BCUT2D eigenvalue weighted by Crippen LogP contribution is 2.24. The van der Waals surface area contributed by atoms with E-state index in [0.717, 1.165) is 17.9 Å². The molecule has 0 unspecified atom stereocenters. The molecule has 2 heterocycles. The Hall–Kier alpha value is -1.36. The van der Waals surface area contributed by atoms with Gasteiger partial charge in [-0.25, -0.2) is 4.98 Å². The van der Waals surface area contributed by atoms with Crippen molar-refractivity contribution in [2.75, 3.05) is 18.5 Å². The first-order chi connectivity index (χ1) is 7.87. The number of hydrogen-bond donors (Lipinski definition) is 1. The Morgan fingerprint density at radius 1 is 1.35 bits per heavy atom. The Labute approximate surface area is 105 Å². The van der Waals surface area contributed by atoms with Gasteiger partial charge in [-0.1, -0.05) is 20.8 Å². The Morgan fingerprint density at radius 3 is 2.71 bits per heavy atom. The van der Waals surface area contributed by atoms with Crippen LogP contribution in [0.4, 0.5) is 5.82 Å². The monoisotopic (exact) mass is 253 g/mol. The molecule has 0 fully saturated rings. The van der Waals surface area contributed by atoms with Crippen LogP contribution in [-0.4, -0.2) is 33.5 Å². The first-order valence-corrected chi connectivity index (χ1v) is 5.82. The summed E-state index contributed by atoms with van der Waals surface area (Å²) in [5.41, 5.74) is 1.60. The van der Waals surface area contributed by atoms with Crippen LogP contribution in [0.1, 0.15) is 20.8 Å². The second kappa shape index (κ2) is 4.14. The molecular formula is C11H16ClN5. The third-order valence-electron chi connectivity index (χ3n) is 2.31. The fourth-order valence-electron chi connectivity index (χ4n) is 1.85. The maximum atomic E-state index is 5.89. The van der Waals surface area contributed by atoms with E-state index >= 15 is 0 Å². The van der Waals surface area contributed by atoms with Crippen LogP contribution < -0.4 is 4.90 Å². The Bertz CT molecular complexity index is 528. The Morgan fingerprint density at radius 2 is 2.06 bits per heavy atom. The average molecular weight is 254 g/mol. The molecular weight excluding hydrogens is 238 g/mol. The standard InChI is InChI=1S/C11H16ClN5/c1-11(2,3)5-17(4)9-7-8(14-6-13-7)15-10(12)16-9/h6H,5H2,1-4H3,(H,13,14,15,16). The van der Waals surface area contributed by atoms with E-state index in [-0.39, 0.29) is 10.7 Å². The summed E-state index contributed by atoms with van der Waals surface area (Å²) in [6.07, 6.45) is 1.60. The predicted molar refractivity (Wildman–Crippen MR) is 69.4 cm³/mol. The van der Waals surface area contributed by atoms with E-state index in [2.05, 4.69) is 45.6 Å². The second-order valence-corrected chi connectivity index (χ2v) is 5.67. The Balaban J connectivity index is 2.43. The number of hydrogen-bond acceptors (Lipinski definition) is 4. The molecule has 17 heavy (non-hydrogen) atoms. The van der Waals surface area contributed by atoms with Crippen LogP contribution in [-0.2, 0) is 0 Å². The van der Waals surface area contributed by atoms with Gasteiger partial charge in [-0.05, 0) is 17.0 Å². The van der Waals surface area contributed by atoms with Crippen molar-refractivity contribution in [3.8, 4) is 0 Å². The van der Waals surface area contributed by atoms with E-state index < -0.39 is 0 Å². The number of halogens is 1. The summed E-state index contributed by atoms with van der Waals surface area (Å²) in [6, 6.07) is 0. The largest absolute Gasteiger partial charge is 0.357 e. The molecule has 0 aliphatic carbocycles. The Kier molecular flexibility index (Phi) is 2.95. The van der Waals surface area contributed by atoms with E-state index in [0.29, 0.717) is 5.65 Å². The van der Waals surface area contributed by atoms with Crippen molar-refractivity contribution < 1.29 is 0 Å². The van der Waals surface area contributed by atoms with E-state index in [1.165, 1.54) is 0 Å². The van der Waals surface area contributed by atoms with Gasteiger partial charge in [0.25, 0.3) is 0 Å². The highest BCUT2D eigenvalue weighted by molar-refractivity contribution is 6.28. The van der Waals surface area contributed by atoms with Gasteiger partial charge in [0.05, 0.1) is 6.33 Å². The number of imidazole rings is 1. The van der Waals surface area contributed by atoms with Gasteiger partial charge in [0.15, 0.2) is 11.5 Å². The zero-order chi connectivity index (χ0) is 12.6. The molecule has 0 bridgehead atoms. The first kappa shape index (κ1) is 12.1. The molecule has 0 spiro atoms. The maximum Gasteiger partial charge on any atom is 0.226 e. The van der Waals surface area contributed by atoms with Gasteiger partial charge in [-0.3, -0.25) is 0 Å². The third kappa shape index (κ3) is 2.66. The molecule has 0 saturated carbocycles. The van der Waals surface area contributed by atoms with Crippen LogP contribution in [0.2, 0.25) is 5.28 Å².